The van der Waals surface area contributed by atoms with Crippen LogP contribution in [0.4, 0.5) is 0 Å². The van der Waals surface area contributed by atoms with Crippen LogP contribution in [0.3, 0.4) is 0 Å². The number of carbonyl (C=O) groups excluding carboxylic acids is 1. The van der Waals surface area contributed by atoms with Crippen LogP contribution in [0.5, 0.6) is 0 Å². The van der Waals surface area contributed by atoms with Crippen LogP contribution in [-0.4, -0.2) is 30.5 Å². The van der Waals surface area contributed by atoms with E-state index in [9.17, 15) is 4.79 Å². The maximum atomic E-state index is 12.2. The molecule has 3 nitrogen and oxygen atoms in total. The number of thioether (sulfide) groups is 1. The molecule has 0 aliphatic carbocycles. The standard InChI is InChI=1S/C14H22N2OS/c1-3-12(10-18-2)16-14(17)13-7-5-4-6-11(13)8-9-15/h4-7,12H,3,8-10,15H2,1-2H3,(H,16,17). The number of nitrogens with one attached hydrogen (secondary N) is 1. The zero-order valence-electron chi connectivity index (χ0n) is 11.1. The minimum atomic E-state index is 0.0138. The number of nitrogens with two attached hydrogens (primary N) is 1. The fraction of sp³-hybridized carbons (Fsp3) is 0.500. The molecule has 0 fully saturated rings. The fourth-order valence-corrected chi connectivity index (χ4v) is 2.56. The molecular weight excluding hydrogens is 244 g/mol. The molecular formula is C14H22N2OS. The van der Waals surface area contributed by atoms with Crippen LogP contribution in [-0.2, 0) is 6.42 Å². The van der Waals surface area contributed by atoms with Crippen molar-refractivity contribution in [1.82, 2.24) is 5.32 Å². The van der Waals surface area contributed by atoms with Gasteiger partial charge in [0.1, 0.15) is 0 Å². The summed E-state index contributed by atoms with van der Waals surface area (Å²) in [7, 11) is 0. The van der Waals surface area contributed by atoms with Crippen LogP contribution < -0.4 is 11.1 Å². The summed E-state index contributed by atoms with van der Waals surface area (Å²) in [5.74, 6) is 0.960. The Morgan fingerprint density at radius 3 is 2.78 bits per heavy atom. The zero-order chi connectivity index (χ0) is 13.4. The summed E-state index contributed by atoms with van der Waals surface area (Å²) in [6.07, 6.45) is 3.74. The highest BCUT2D eigenvalue weighted by atomic mass is 32.2. The van der Waals surface area contributed by atoms with Crippen molar-refractivity contribution in [3.63, 3.8) is 0 Å². The average Bonchev–Trinajstić information content (AvgIpc) is 2.39. The van der Waals surface area contributed by atoms with Gasteiger partial charge in [-0.15, -0.1) is 0 Å². The maximum absolute atomic E-state index is 12.2. The summed E-state index contributed by atoms with van der Waals surface area (Å²) < 4.78 is 0. The lowest BCUT2D eigenvalue weighted by atomic mass is 10.0. The van der Waals surface area contributed by atoms with Crippen LogP contribution in [0.1, 0.15) is 29.3 Å². The van der Waals surface area contributed by atoms with Crippen molar-refractivity contribution in [2.45, 2.75) is 25.8 Å². The van der Waals surface area contributed by atoms with Gasteiger partial charge in [0.05, 0.1) is 0 Å². The Labute approximate surface area is 114 Å². The fourth-order valence-electron chi connectivity index (χ4n) is 1.84. The van der Waals surface area contributed by atoms with Crippen LogP contribution >= 0.6 is 11.8 Å². The number of carbonyl (C=O) groups is 1. The molecule has 1 unspecified atom stereocenters. The second kappa shape index (κ2) is 8.16. The molecule has 1 atom stereocenters. The smallest absolute Gasteiger partial charge is 0.251 e. The van der Waals surface area contributed by atoms with E-state index in [0.717, 1.165) is 29.7 Å². The molecule has 0 radical (unpaired) electrons. The Morgan fingerprint density at radius 2 is 2.17 bits per heavy atom. The third-order valence-corrected chi connectivity index (χ3v) is 3.61. The molecule has 4 heteroatoms. The summed E-state index contributed by atoms with van der Waals surface area (Å²) in [5.41, 5.74) is 7.35. The van der Waals surface area contributed by atoms with Gasteiger partial charge in [-0.2, -0.15) is 11.8 Å². The molecule has 100 valence electrons. The van der Waals surface area contributed by atoms with Gasteiger partial charge in [0.2, 0.25) is 0 Å². The van der Waals surface area contributed by atoms with E-state index in [4.69, 9.17) is 5.73 Å². The highest BCUT2D eigenvalue weighted by Gasteiger charge is 2.14. The van der Waals surface area contributed by atoms with Crippen molar-refractivity contribution >= 4 is 17.7 Å². The van der Waals surface area contributed by atoms with Gasteiger partial charge in [-0.05, 0) is 37.3 Å². The minimum Gasteiger partial charge on any atom is -0.348 e. The predicted molar refractivity (Wildman–Crippen MR) is 79.1 cm³/mol. The first-order valence-electron chi connectivity index (χ1n) is 6.30. The molecule has 0 aliphatic heterocycles. The monoisotopic (exact) mass is 266 g/mol. The first kappa shape index (κ1) is 15.1. The molecule has 1 aromatic rings. The number of hydrogen-bond acceptors (Lipinski definition) is 3. The molecule has 0 spiro atoms. The summed E-state index contributed by atoms with van der Waals surface area (Å²) in [4.78, 5) is 12.2. The van der Waals surface area contributed by atoms with E-state index in [1.807, 2.05) is 24.3 Å². The summed E-state index contributed by atoms with van der Waals surface area (Å²) in [6.45, 7) is 2.65. The number of benzene rings is 1. The zero-order valence-corrected chi connectivity index (χ0v) is 11.9. The van der Waals surface area contributed by atoms with Gasteiger partial charge in [0, 0.05) is 17.4 Å². The summed E-state index contributed by atoms with van der Waals surface area (Å²) in [6, 6.07) is 7.91. The molecule has 0 bridgehead atoms. The Balaban J connectivity index is 2.76. The highest BCUT2D eigenvalue weighted by molar-refractivity contribution is 7.98. The molecule has 0 saturated carbocycles. The largest absolute Gasteiger partial charge is 0.348 e. The molecule has 1 amide bonds. The first-order chi connectivity index (χ1) is 8.72. The van der Waals surface area contributed by atoms with Crippen LogP contribution in [0.15, 0.2) is 24.3 Å². The highest BCUT2D eigenvalue weighted by Crippen LogP contribution is 2.10. The van der Waals surface area contributed by atoms with E-state index >= 15 is 0 Å². The molecule has 3 N–H and O–H groups in total. The van der Waals surface area contributed by atoms with Gasteiger partial charge in [-0.25, -0.2) is 0 Å². The van der Waals surface area contributed by atoms with E-state index in [0.29, 0.717) is 6.54 Å². The van der Waals surface area contributed by atoms with E-state index in [1.54, 1.807) is 11.8 Å². The third kappa shape index (κ3) is 4.35. The maximum Gasteiger partial charge on any atom is 0.251 e. The quantitative estimate of drug-likeness (QED) is 0.794. The van der Waals surface area contributed by atoms with Gasteiger partial charge in [-0.1, -0.05) is 25.1 Å². The van der Waals surface area contributed by atoms with Crippen molar-refractivity contribution < 1.29 is 4.79 Å². The average molecular weight is 266 g/mol. The first-order valence-corrected chi connectivity index (χ1v) is 7.70. The van der Waals surface area contributed by atoms with Gasteiger partial charge in [-0.3, -0.25) is 4.79 Å². The van der Waals surface area contributed by atoms with Gasteiger partial charge in [0.15, 0.2) is 0 Å². The molecule has 0 aliphatic rings. The van der Waals surface area contributed by atoms with E-state index in [2.05, 4.69) is 18.5 Å². The second-order valence-electron chi connectivity index (χ2n) is 4.23. The molecule has 0 heterocycles. The van der Waals surface area contributed by atoms with Crippen molar-refractivity contribution in [3.05, 3.63) is 35.4 Å². The van der Waals surface area contributed by atoms with Crippen LogP contribution in [0, 0.1) is 0 Å². The molecule has 1 rings (SSSR count). The third-order valence-electron chi connectivity index (χ3n) is 2.87. The molecule has 0 saturated heterocycles. The Bertz CT molecular complexity index is 382. The van der Waals surface area contributed by atoms with Crippen LogP contribution in [0.2, 0.25) is 0 Å². The van der Waals surface area contributed by atoms with Gasteiger partial charge < -0.3 is 11.1 Å². The number of hydrogen-bond donors (Lipinski definition) is 2. The van der Waals surface area contributed by atoms with Crippen molar-refractivity contribution in [2.75, 3.05) is 18.6 Å². The predicted octanol–water partition coefficient (Wildman–Crippen LogP) is 2.06. The Kier molecular flexibility index (Phi) is 6.83. The van der Waals surface area contributed by atoms with Crippen molar-refractivity contribution in [2.24, 2.45) is 5.73 Å². The number of rotatable bonds is 7. The van der Waals surface area contributed by atoms with Gasteiger partial charge >= 0.3 is 0 Å². The Morgan fingerprint density at radius 1 is 1.44 bits per heavy atom. The molecule has 18 heavy (non-hydrogen) atoms. The lowest BCUT2D eigenvalue weighted by molar-refractivity contribution is 0.0939. The van der Waals surface area contributed by atoms with E-state index in [-0.39, 0.29) is 11.9 Å². The molecule has 0 aromatic heterocycles. The van der Waals surface area contributed by atoms with Crippen molar-refractivity contribution in [1.29, 1.82) is 0 Å². The second-order valence-corrected chi connectivity index (χ2v) is 5.14. The van der Waals surface area contributed by atoms with E-state index < -0.39 is 0 Å². The summed E-state index contributed by atoms with van der Waals surface area (Å²) >= 11 is 1.75. The SMILES string of the molecule is CCC(CSC)NC(=O)c1ccccc1CCN. The molecule has 1 aromatic carbocycles. The van der Waals surface area contributed by atoms with E-state index in [1.165, 1.54) is 0 Å². The lowest BCUT2D eigenvalue weighted by Crippen LogP contribution is -2.36. The van der Waals surface area contributed by atoms with Crippen molar-refractivity contribution in [3.8, 4) is 0 Å². The van der Waals surface area contributed by atoms with Gasteiger partial charge in [0.25, 0.3) is 5.91 Å². The minimum absolute atomic E-state index is 0.0138. The Hall–Kier alpha value is -1.00. The number of amides is 1. The normalized spacial score (nSPS) is 12.2. The summed E-state index contributed by atoms with van der Waals surface area (Å²) in [5, 5.41) is 3.08. The topological polar surface area (TPSA) is 55.1 Å². The van der Waals surface area contributed by atoms with Crippen LogP contribution in [0.25, 0.3) is 0 Å². The lowest BCUT2D eigenvalue weighted by Gasteiger charge is -2.17.